The van der Waals surface area contributed by atoms with E-state index in [0.717, 1.165) is 5.56 Å². The molecule has 1 N–H and O–H groups in total. The van der Waals surface area contributed by atoms with E-state index in [9.17, 15) is 4.39 Å². The van der Waals surface area contributed by atoms with Gasteiger partial charge in [-0.05, 0) is 24.6 Å². The average Bonchev–Trinajstić information content (AvgIpc) is 2.33. The van der Waals surface area contributed by atoms with E-state index < -0.39 is 0 Å². The fourth-order valence-electron chi connectivity index (χ4n) is 1.44. The molecule has 5 heteroatoms. The van der Waals surface area contributed by atoms with Crippen LogP contribution in [0.3, 0.4) is 0 Å². The van der Waals surface area contributed by atoms with E-state index in [2.05, 4.69) is 15.3 Å². The lowest BCUT2D eigenvalue weighted by Crippen LogP contribution is -2.08. The summed E-state index contributed by atoms with van der Waals surface area (Å²) < 4.78 is 12.8. The minimum atomic E-state index is -0.243. The van der Waals surface area contributed by atoms with Gasteiger partial charge in [-0.25, -0.2) is 14.4 Å². The molecule has 0 bridgehead atoms. The smallest absolute Gasteiger partial charge is 0.147 e. The molecule has 88 valence electrons. The monoisotopic (exact) mass is 251 g/mol. The zero-order valence-electron chi connectivity index (χ0n) is 9.19. The lowest BCUT2D eigenvalue weighted by atomic mass is 10.1. The van der Waals surface area contributed by atoms with Gasteiger partial charge in [0.1, 0.15) is 16.8 Å². The maximum atomic E-state index is 12.8. The third-order valence-electron chi connectivity index (χ3n) is 2.35. The first-order valence-corrected chi connectivity index (χ1v) is 5.52. The molecule has 0 radical (unpaired) electrons. The first-order valence-electron chi connectivity index (χ1n) is 5.14. The van der Waals surface area contributed by atoms with Crippen LogP contribution in [-0.2, 0) is 0 Å². The number of anilines is 1. The van der Waals surface area contributed by atoms with Crippen molar-refractivity contribution in [1.82, 2.24) is 9.97 Å². The van der Waals surface area contributed by atoms with Crippen LogP contribution < -0.4 is 5.32 Å². The Balaban J connectivity index is 2.08. The Morgan fingerprint density at radius 1 is 1.18 bits per heavy atom. The summed E-state index contributed by atoms with van der Waals surface area (Å²) in [4.78, 5) is 8.00. The minimum Gasteiger partial charge on any atom is -0.362 e. The number of hydrogen-bond acceptors (Lipinski definition) is 3. The fraction of sp³-hybridized carbons (Fsp3) is 0.167. The molecule has 1 aromatic carbocycles. The van der Waals surface area contributed by atoms with Crippen LogP contribution in [0, 0.1) is 5.82 Å². The quantitative estimate of drug-likeness (QED) is 0.908. The Labute approximate surface area is 104 Å². The van der Waals surface area contributed by atoms with Crippen molar-refractivity contribution < 1.29 is 4.39 Å². The normalized spacial score (nSPS) is 12.2. The average molecular weight is 252 g/mol. The van der Waals surface area contributed by atoms with Gasteiger partial charge in [-0.2, -0.15) is 0 Å². The molecule has 1 heterocycles. The molecule has 2 rings (SSSR count). The van der Waals surface area contributed by atoms with Gasteiger partial charge in [-0.1, -0.05) is 23.7 Å². The van der Waals surface area contributed by atoms with Crippen molar-refractivity contribution in [3.63, 3.8) is 0 Å². The van der Waals surface area contributed by atoms with E-state index in [0.29, 0.717) is 11.0 Å². The summed E-state index contributed by atoms with van der Waals surface area (Å²) in [6.07, 6.45) is 3.03. The predicted molar refractivity (Wildman–Crippen MR) is 65.5 cm³/mol. The molecule has 0 spiro atoms. The highest BCUT2D eigenvalue weighted by Gasteiger charge is 2.06. The van der Waals surface area contributed by atoms with Crippen LogP contribution in [0.15, 0.2) is 36.7 Å². The molecule has 0 fully saturated rings. The number of nitrogens with zero attached hydrogens (tertiary/aromatic N) is 2. The van der Waals surface area contributed by atoms with Crippen molar-refractivity contribution in [2.24, 2.45) is 0 Å². The van der Waals surface area contributed by atoms with Gasteiger partial charge < -0.3 is 5.32 Å². The first kappa shape index (κ1) is 11.8. The lowest BCUT2D eigenvalue weighted by molar-refractivity contribution is 0.626. The highest BCUT2D eigenvalue weighted by atomic mass is 35.5. The number of nitrogens with one attached hydrogen (secondary N) is 1. The summed E-state index contributed by atoms with van der Waals surface area (Å²) in [7, 11) is 0. The van der Waals surface area contributed by atoms with Crippen molar-refractivity contribution in [3.8, 4) is 0 Å². The maximum Gasteiger partial charge on any atom is 0.147 e. The van der Waals surface area contributed by atoms with Gasteiger partial charge in [0, 0.05) is 6.04 Å². The van der Waals surface area contributed by atoms with Crippen LogP contribution in [0.4, 0.5) is 10.2 Å². The standard InChI is InChI=1S/C12H11ClFN3/c1-8(9-2-4-10(14)5-3-9)17-12-7-15-11(13)6-16-12/h2-8H,1H3,(H,16,17). The second kappa shape index (κ2) is 5.10. The predicted octanol–water partition coefficient (Wildman–Crippen LogP) is 3.44. The second-order valence-corrected chi connectivity index (χ2v) is 4.03. The molecule has 0 aliphatic carbocycles. The summed E-state index contributed by atoms with van der Waals surface area (Å²) in [6, 6.07) is 6.35. The van der Waals surface area contributed by atoms with E-state index in [-0.39, 0.29) is 11.9 Å². The zero-order valence-corrected chi connectivity index (χ0v) is 9.95. The van der Waals surface area contributed by atoms with E-state index in [4.69, 9.17) is 11.6 Å². The summed E-state index contributed by atoms with van der Waals surface area (Å²) in [5, 5.41) is 3.50. The minimum absolute atomic E-state index is 0.0195. The van der Waals surface area contributed by atoms with Crippen molar-refractivity contribution in [1.29, 1.82) is 0 Å². The van der Waals surface area contributed by atoms with Crippen molar-refractivity contribution >= 4 is 17.4 Å². The summed E-state index contributed by atoms with van der Waals surface area (Å²) in [5.41, 5.74) is 0.975. The third-order valence-corrected chi connectivity index (χ3v) is 2.55. The molecule has 1 unspecified atom stereocenters. The van der Waals surface area contributed by atoms with E-state index in [1.54, 1.807) is 18.3 Å². The second-order valence-electron chi connectivity index (χ2n) is 3.64. The van der Waals surface area contributed by atoms with E-state index in [1.807, 2.05) is 6.92 Å². The molecule has 0 amide bonds. The Hall–Kier alpha value is -1.68. The van der Waals surface area contributed by atoms with Crippen LogP contribution in [0.25, 0.3) is 0 Å². The van der Waals surface area contributed by atoms with Gasteiger partial charge in [0.15, 0.2) is 0 Å². The number of hydrogen-bond donors (Lipinski definition) is 1. The van der Waals surface area contributed by atoms with Crippen LogP contribution in [0.5, 0.6) is 0 Å². The highest BCUT2D eigenvalue weighted by Crippen LogP contribution is 2.17. The molecular weight excluding hydrogens is 241 g/mol. The van der Waals surface area contributed by atoms with Crippen molar-refractivity contribution in [2.75, 3.05) is 5.32 Å². The third kappa shape index (κ3) is 3.14. The maximum absolute atomic E-state index is 12.8. The SMILES string of the molecule is CC(Nc1cnc(Cl)cn1)c1ccc(F)cc1. The number of benzene rings is 1. The van der Waals surface area contributed by atoms with Crippen LogP contribution >= 0.6 is 11.6 Å². The van der Waals surface area contributed by atoms with Gasteiger partial charge in [-0.15, -0.1) is 0 Å². The first-order chi connectivity index (χ1) is 8.15. The van der Waals surface area contributed by atoms with Crippen LogP contribution in [-0.4, -0.2) is 9.97 Å². The van der Waals surface area contributed by atoms with Gasteiger partial charge in [0.05, 0.1) is 12.4 Å². The van der Waals surface area contributed by atoms with Gasteiger partial charge in [-0.3, -0.25) is 0 Å². The molecule has 17 heavy (non-hydrogen) atoms. The molecule has 0 aliphatic heterocycles. The van der Waals surface area contributed by atoms with Crippen LogP contribution in [0.2, 0.25) is 5.15 Å². The molecule has 0 aliphatic rings. The zero-order chi connectivity index (χ0) is 12.3. The molecule has 0 saturated heterocycles. The Morgan fingerprint density at radius 2 is 1.88 bits per heavy atom. The Morgan fingerprint density at radius 3 is 2.47 bits per heavy atom. The molecular formula is C12H11ClFN3. The molecule has 0 saturated carbocycles. The summed E-state index contributed by atoms with van der Waals surface area (Å²) in [6.45, 7) is 1.96. The van der Waals surface area contributed by atoms with Crippen molar-refractivity contribution in [2.45, 2.75) is 13.0 Å². The number of rotatable bonds is 3. The number of halogens is 2. The molecule has 1 aromatic heterocycles. The Bertz CT molecular complexity index is 484. The molecule has 3 nitrogen and oxygen atoms in total. The topological polar surface area (TPSA) is 37.8 Å². The molecule has 2 aromatic rings. The van der Waals surface area contributed by atoms with E-state index in [1.165, 1.54) is 18.3 Å². The largest absolute Gasteiger partial charge is 0.362 e. The highest BCUT2D eigenvalue weighted by molar-refractivity contribution is 6.29. The van der Waals surface area contributed by atoms with Crippen LogP contribution in [0.1, 0.15) is 18.5 Å². The van der Waals surface area contributed by atoms with Gasteiger partial charge >= 0.3 is 0 Å². The van der Waals surface area contributed by atoms with Gasteiger partial charge in [0.2, 0.25) is 0 Å². The summed E-state index contributed by atoms with van der Waals surface area (Å²) in [5.74, 6) is 0.387. The fourth-order valence-corrected chi connectivity index (χ4v) is 1.54. The molecule has 1 atom stereocenters. The Kier molecular flexibility index (Phi) is 3.54. The number of aromatic nitrogens is 2. The lowest BCUT2D eigenvalue weighted by Gasteiger charge is -2.14. The summed E-state index contributed by atoms with van der Waals surface area (Å²) >= 11 is 5.64. The van der Waals surface area contributed by atoms with Gasteiger partial charge in [0.25, 0.3) is 0 Å². The van der Waals surface area contributed by atoms with Crippen molar-refractivity contribution in [3.05, 3.63) is 53.2 Å². The van der Waals surface area contributed by atoms with E-state index >= 15 is 0 Å².